The molecular formula is C15H26O7S. The Bertz CT molecular complexity index is 556. The van der Waals surface area contributed by atoms with Gasteiger partial charge in [0, 0.05) is 0 Å². The van der Waals surface area contributed by atoms with Crippen molar-refractivity contribution in [2.75, 3.05) is 11.5 Å². The first kappa shape index (κ1) is 17.6. The van der Waals surface area contributed by atoms with Crippen LogP contribution < -0.4 is 0 Å². The molecule has 0 aromatic rings. The van der Waals surface area contributed by atoms with Gasteiger partial charge in [0.1, 0.15) is 24.4 Å². The van der Waals surface area contributed by atoms with Crippen molar-refractivity contribution in [2.24, 2.45) is 0 Å². The Balaban J connectivity index is 1.84. The Kier molecular flexibility index (Phi) is 4.31. The van der Waals surface area contributed by atoms with Crippen molar-refractivity contribution in [3.05, 3.63) is 0 Å². The Morgan fingerprint density at radius 2 is 1.43 bits per heavy atom. The molecule has 0 radical (unpaired) electrons. The molecule has 0 amide bonds. The Morgan fingerprint density at radius 1 is 0.870 bits per heavy atom. The van der Waals surface area contributed by atoms with E-state index in [-0.39, 0.29) is 11.5 Å². The van der Waals surface area contributed by atoms with E-state index in [1.54, 1.807) is 27.7 Å². The van der Waals surface area contributed by atoms with Gasteiger partial charge in [-0.3, -0.25) is 0 Å². The highest BCUT2D eigenvalue weighted by Crippen LogP contribution is 2.44. The van der Waals surface area contributed by atoms with Gasteiger partial charge in [0.25, 0.3) is 0 Å². The van der Waals surface area contributed by atoms with Crippen LogP contribution in [0.25, 0.3) is 0 Å². The van der Waals surface area contributed by atoms with Crippen LogP contribution in [-0.4, -0.2) is 62.2 Å². The highest BCUT2D eigenvalue weighted by atomic mass is 32.2. The maximum atomic E-state index is 12.2. The predicted molar refractivity (Wildman–Crippen MR) is 81.5 cm³/mol. The van der Waals surface area contributed by atoms with Crippen LogP contribution in [0.4, 0.5) is 0 Å². The Labute approximate surface area is 137 Å². The van der Waals surface area contributed by atoms with Gasteiger partial charge in [-0.1, -0.05) is 6.92 Å². The summed E-state index contributed by atoms with van der Waals surface area (Å²) in [4.78, 5) is 0. The van der Waals surface area contributed by atoms with Crippen molar-refractivity contribution in [3.8, 4) is 0 Å². The number of fused-ring (bicyclic) bond motifs is 3. The monoisotopic (exact) mass is 350 g/mol. The van der Waals surface area contributed by atoms with Gasteiger partial charge in [-0.05, 0) is 34.1 Å². The summed E-state index contributed by atoms with van der Waals surface area (Å²) in [6.45, 7) is 9.05. The molecule has 5 atom stereocenters. The van der Waals surface area contributed by atoms with E-state index in [1.807, 2.05) is 6.92 Å². The lowest BCUT2D eigenvalue weighted by Gasteiger charge is -2.37. The summed E-state index contributed by atoms with van der Waals surface area (Å²) in [7, 11) is -3.22. The zero-order chi connectivity index (χ0) is 17.0. The number of ether oxygens (including phenoxy) is 5. The molecule has 23 heavy (non-hydrogen) atoms. The molecule has 0 aromatic heterocycles. The van der Waals surface area contributed by atoms with Gasteiger partial charge in [-0.25, -0.2) is 8.42 Å². The minimum atomic E-state index is -3.22. The summed E-state index contributed by atoms with van der Waals surface area (Å²) in [5, 5.41) is 0. The second kappa shape index (κ2) is 5.64. The van der Waals surface area contributed by atoms with Crippen LogP contribution >= 0.6 is 0 Å². The van der Waals surface area contributed by atoms with Gasteiger partial charge in [-0.15, -0.1) is 0 Å². The third-order valence-electron chi connectivity index (χ3n) is 4.18. The smallest absolute Gasteiger partial charge is 0.190 e. The normalized spacial score (nSPS) is 41.5. The average Bonchev–Trinajstić information content (AvgIpc) is 2.84. The van der Waals surface area contributed by atoms with E-state index in [1.165, 1.54) is 0 Å². The molecule has 3 aliphatic heterocycles. The van der Waals surface area contributed by atoms with Crippen molar-refractivity contribution >= 4 is 9.84 Å². The molecule has 134 valence electrons. The van der Waals surface area contributed by atoms with Crippen molar-refractivity contribution in [2.45, 2.75) is 83.3 Å². The molecule has 3 fully saturated rings. The van der Waals surface area contributed by atoms with Crippen LogP contribution in [0.2, 0.25) is 0 Å². The molecule has 0 aliphatic carbocycles. The molecule has 0 bridgehead atoms. The summed E-state index contributed by atoms with van der Waals surface area (Å²) in [6.07, 6.45) is -2.03. The molecule has 3 rings (SSSR count). The van der Waals surface area contributed by atoms with Crippen LogP contribution in [0.5, 0.6) is 0 Å². The molecule has 3 heterocycles. The highest BCUT2D eigenvalue weighted by molar-refractivity contribution is 7.91. The van der Waals surface area contributed by atoms with Crippen LogP contribution in [0.1, 0.15) is 41.0 Å². The molecule has 3 saturated heterocycles. The summed E-state index contributed by atoms with van der Waals surface area (Å²) in [5.41, 5.74) is 0. The lowest BCUT2D eigenvalue weighted by atomic mass is 10.00. The maximum absolute atomic E-state index is 12.2. The predicted octanol–water partition coefficient (Wildman–Crippen LogP) is 1.21. The topological polar surface area (TPSA) is 80.3 Å². The van der Waals surface area contributed by atoms with E-state index >= 15 is 0 Å². The van der Waals surface area contributed by atoms with Crippen molar-refractivity contribution in [3.63, 3.8) is 0 Å². The molecule has 0 N–H and O–H groups in total. The largest absolute Gasteiger partial charge is 0.343 e. The van der Waals surface area contributed by atoms with Gasteiger partial charge >= 0.3 is 0 Å². The van der Waals surface area contributed by atoms with Crippen LogP contribution in [0, 0.1) is 0 Å². The standard InChI is InChI=1S/C15H26O7S/c1-6-7-23(16,17)8-9-10-11(20-14(2,3)19-10)12-13(18-9)22-15(4,5)21-12/h9-13H,6-8H2,1-5H3/t9-,10+,11+,12-,13-/m1/s1. The van der Waals surface area contributed by atoms with Crippen molar-refractivity contribution in [1.29, 1.82) is 0 Å². The zero-order valence-electron chi connectivity index (χ0n) is 14.3. The van der Waals surface area contributed by atoms with Crippen LogP contribution in [-0.2, 0) is 33.5 Å². The fraction of sp³-hybridized carbons (Fsp3) is 1.00. The summed E-state index contributed by atoms with van der Waals surface area (Å²) >= 11 is 0. The van der Waals surface area contributed by atoms with E-state index in [4.69, 9.17) is 23.7 Å². The third-order valence-corrected chi connectivity index (χ3v) is 6.05. The van der Waals surface area contributed by atoms with Gasteiger partial charge in [0.05, 0.1) is 11.5 Å². The molecule has 0 aromatic carbocycles. The zero-order valence-corrected chi connectivity index (χ0v) is 15.1. The number of hydrogen-bond donors (Lipinski definition) is 0. The first-order valence-electron chi connectivity index (χ1n) is 8.09. The van der Waals surface area contributed by atoms with Crippen molar-refractivity contribution < 1.29 is 32.1 Å². The number of rotatable bonds is 4. The van der Waals surface area contributed by atoms with E-state index in [0.29, 0.717) is 6.42 Å². The van der Waals surface area contributed by atoms with Gasteiger partial charge in [0.15, 0.2) is 27.7 Å². The first-order valence-corrected chi connectivity index (χ1v) is 9.91. The van der Waals surface area contributed by atoms with E-state index < -0.39 is 52.1 Å². The summed E-state index contributed by atoms with van der Waals surface area (Å²) in [6, 6.07) is 0. The minimum Gasteiger partial charge on any atom is -0.343 e. The summed E-state index contributed by atoms with van der Waals surface area (Å²) in [5.74, 6) is -1.58. The number of sulfone groups is 1. The van der Waals surface area contributed by atoms with Crippen LogP contribution in [0.3, 0.4) is 0 Å². The molecule has 3 aliphatic rings. The fourth-order valence-corrected chi connectivity index (χ4v) is 5.03. The van der Waals surface area contributed by atoms with Gasteiger partial charge < -0.3 is 23.7 Å². The van der Waals surface area contributed by atoms with E-state index in [2.05, 4.69) is 0 Å². The molecule has 8 heteroatoms. The SMILES string of the molecule is CCCS(=O)(=O)C[C@H]1O[C@@H]2OC(C)(C)O[C@@H]2[C@H]2OC(C)(C)O[C@H]21. The Hall–Kier alpha value is -0.250. The van der Waals surface area contributed by atoms with Gasteiger partial charge in [-0.2, -0.15) is 0 Å². The van der Waals surface area contributed by atoms with E-state index in [0.717, 1.165) is 0 Å². The highest BCUT2D eigenvalue weighted by Gasteiger charge is 2.61. The second-order valence-corrected chi connectivity index (χ2v) is 9.55. The lowest BCUT2D eigenvalue weighted by Crippen LogP contribution is -2.56. The molecule has 0 spiro atoms. The quantitative estimate of drug-likeness (QED) is 0.754. The number of hydrogen-bond acceptors (Lipinski definition) is 7. The van der Waals surface area contributed by atoms with Gasteiger partial charge in [0.2, 0.25) is 0 Å². The van der Waals surface area contributed by atoms with Crippen LogP contribution in [0.15, 0.2) is 0 Å². The fourth-order valence-electron chi connectivity index (χ4n) is 3.47. The molecule has 0 unspecified atom stereocenters. The van der Waals surface area contributed by atoms with Crippen molar-refractivity contribution in [1.82, 2.24) is 0 Å². The first-order chi connectivity index (χ1) is 10.5. The molecule has 0 saturated carbocycles. The summed E-state index contributed by atoms with van der Waals surface area (Å²) < 4.78 is 53.9. The molecular weight excluding hydrogens is 324 g/mol. The second-order valence-electron chi connectivity index (χ2n) is 7.32. The Morgan fingerprint density at radius 3 is 2.09 bits per heavy atom. The lowest BCUT2D eigenvalue weighted by molar-refractivity contribution is -0.228. The van der Waals surface area contributed by atoms with E-state index in [9.17, 15) is 8.42 Å². The average molecular weight is 350 g/mol. The minimum absolute atomic E-state index is 0.103. The third kappa shape index (κ3) is 3.57. The maximum Gasteiger partial charge on any atom is 0.190 e. The molecule has 7 nitrogen and oxygen atoms in total.